The van der Waals surface area contributed by atoms with Crippen LogP contribution in [0.4, 0.5) is 5.82 Å². The summed E-state index contributed by atoms with van der Waals surface area (Å²) >= 11 is 0. The van der Waals surface area contributed by atoms with Gasteiger partial charge in [-0.1, -0.05) is 13.8 Å². The minimum atomic E-state index is 0.171. The summed E-state index contributed by atoms with van der Waals surface area (Å²) in [6.45, 7) is 6.49. The van der Waals surface area contributed by atoms with Crippen LogP contribution < -0.4 is 10.1 Å². The lowest BCUT2D eigenvalue weighted by Crippen LogP contribution is -2.19. The van der Waals surface area contributed by atoms with Crippen LogP contribution in [0.25, 0.3) is 10.9 Å². The number of nitrogens with one attached hydrogen (secondary N) is 1. The zero-order valence-electron chi connectivity index (χ0n) is 14.1. The van der Waals surface area contributed by atoms with Crippen LogP contribution in [0.15, 0.2) is 18.2 Å². The first-order chi connectivity index (χ1) is 11.0. The van der Waals surface area contributed by atoms with Crippen molar-refractivity contribution in [3.8, 4) is 11.8 Å². The topological polar surface area (TPSA) is 74.1 Å². The Balaban J connectivity index is 2.30. The van der Waals surface area contributed by atoms with Gasteiger partial charge in [0.05, 0.1) is 5.52 Å². The van der Waals surface area contributed by atoms with Crippen LogP contribution in [0.3, 0.4) is 0 Å². The molecule has 0 unspecified atom stereocenters. The zero-order chi connectivity index (χ0) is 16.8. The van der Waals surface area contributed by atoms with E-state index in [-0.39, 0.29) is 5.82 Å². The molecular weight excluding hydrogens is 290 g/mol. The van der Waals surface area contributed by atoms with Crippen molar-refractivity contribution < 1.29 is 4.74 Å². The number of ether oxygens (including phenoxy) is 1. The number of hydrogen-bond acceptors (Lipinski definition) is 6. The van der Waals surface area contributed by atoms with Crippen molar-refractivity contribution in [2.45, 2.75) is 13.8 Å². The molecule has 0 radical (unpaired) electrons. The number of likely N-dealkylation sites (N-methyl/N-ethyl adjacent to an activating group) is 1. The molecule has 0 aliphatic heterocycles. The van der Waals surface area contributed by atoms with E-state index in [0.29, 0.717) is 18.3 Å². The van der Waals surface area contributed by atoms with Gasteiger partial charge in [0.1, 0.15) is 24.2 Å². The van der Waals surface area contributed by atoms with E-state index in [1.165, 1.54) is 0 Å². The summed E-state index contributed by atoms with van der Waals surface area (Å²) in [6, 6.07) is 7.67. The molecule has 0 amide bonds. The Labute approximate surface area is 137 Å². The van der Waals surface area contributed by atoms with Crippen molar-refractivity contribution >= 4 is 16.7 Å². The molecule has 1 aromatic carbocycles. The standard InChI is InChI=1S/C17H23N5O/c1-12(2)11-19-17-14-9-13(23-8-7-22(3)4)5-6-15(14)20-16(10-18)21-17/h5-6,9,12H,7-8,11H2,1-4H3,(H,19,20,21). The largest absolute Gasteiger partial charge is 0.492 e. The van der Waals surface area contributed by atoms with E-state index in [0.717, 1.165) is 29.7 Å². The van der Waals surface area contributed by atoms with Crippen LogP contribution in [0.2, 0.25) is 0 Å². The lowest BCUT2D eigenvalue weighted by atomic mass is 10.2. The minimum absolute atomic E-state index is 0.171. The number of benzene rings is 1. The zero-order valence-corrected chi connectivity index (χ0v) is 14.1. The van der Waals surface area contributed by atoms with Gasteiger partial charge in [-0.25, -0.2) is 9.97 Å². The molecule has 0 bridgehead atoms. The summed E-state index contributed by atoms with van der Waals surface area (Å²) in [5.41, 5.74) is 0.739. The molecule has 23 heavy (non-hydrogen) atoms. The van der Waals surface area contributed by atoms with Crippen LogP contribution in [0, 0.1) is 17.2 Å². The van der Waals surface area contributed by atoms with E-state index in [4.69, 9.17) is 10.00 Å². The van der Waals surface area contributed by atoms with E-state index >= 15 is 0 Å². The second-order valence-corrected chi connectivity index (χ2v) is 6.11. The molecule has 2 rings (SSSR count). The molecule has 6 heteroatoms. The predicted octanol–water partition coefficient (Wildman–Crippen LogP) is 2.51. The Bertz CT molecular complexity index is 706. The Kier molecular flexibility index (Phi) is 5.72. The summed E-state index contributed by atoms with van der Waals surface area (Å²) in [6.07, 6.45) is 0. The molecular formula is C17H23N5O. The number of hydrogen-bond donors (Lipinski definition) is 1. The Hall–Kier alpha value is -2.39. The van der Waals surface area contributed by atoms with Gasteiger partial charge in [0.25, 0.3) is 0 Å². The monoisotopic (exact) mass is 313 g/mol. The summed E-state index contributed by atoms with van der Waals surface area (Å²) in [5, 5.41) is 13.3. The van der Waals surface area contributed by atoms with Gasteiger partial charge in [-0.3, -0.25) is 0 Å². The normalized spacial score (nSPS) is 11.0. The van der Waals surface area contributed by atoms with Crippen LogP contribution in [-0.4, -0.2) is 48.7 Å². The van der Waals surface area contributed by atoms with E-state index in [9.17, 15) is 0 Å². The van der Waals surface area contributed by atoms with Gasteiger partial charge >= 0.3 is 0 Å². The van der Waals surface area contributed by atoms with Crippen molar-refractivity contribution in [3.63, 3.8) is 0 Å². The third-order valence-corrected chi connectivity index (χ3v) is 3.25. The molecule has 6 nitrogen and oxygen atoms in total. The molecule has 0 aliphatic carbocycles. The molecule has 0 spiro atoms. The molecule has 1 aromatic heterocycles. The average Bonchev–Trinajstić information content (AvgIpc) is 2.51. The van der Waals surface area contributed by atoms with Crippen LogP contribution in [-0.2, 0) is 0 Å². The highest BCUT2D eigenvalue weighted by Crippen LogP contribution is 2.25. The van der Waals surface area contributed by atoms with E-state index < -0.39 is 0 Å². The van der Waals surface area contributed by atoms with E-state index in [1.807, 2.05) is 38.4 Å². The number of rotatable bonds is 7. The molecule has 0 atom stereocenters. The average molecular weight is 313 g/mol. The molecule has 0 saturated carbocycles. The second-order valence-electron chi connectivity index (χ2n) is 6.11. The maximum Gasteiger partial charge on any atom is 0.234 e. The van der Waals surface area contributed by atoms with Gasteiger partial charge < -0.3 is 15.0 Å². The first-order valence-corrected chi connectivity index (χ1v) is 7.73. The van der Waals surface area contributed by atoms with Crippen LogP contribution >= 0.6 is 0 Å². The maximum atomic E-state index is 9.09. The van der Waals surface area contributed by atoms with Gasteiger partial charge in [0.2, 0.25) is 5.82 Å². The van der Waals surface area contributed by atoms with Gasteiger partial charge in [0, 0.05) is 18.5 Å². The summed E-state index contributed by atoms with van der Waals surface area (Å²) < 4.78 is 5.77. The Morgan fingerprint density at radius 3 is 2.74 bits per heavy atom. The molecule has 1 N–H and O–H groups in total. The Morgan fingerprint density at radius 1 is 1.30 bits per heavy atom. The first-order valence-electron chi connectivity index (χ1n) is 7.73. The van der Waals surface area contributed by atoms with Gasteiger partial charge in [-0.2, -0.15) is 5.26 Å². The van der Waals surface area contributed by atoms with Crippen molar-refractivity contribution in [3.05, 3.63) is 24.0 Å². The predicted molar refractivity (Wildman–Crippen MR) is 91.6 cm³/mol. The smallest absolute Gasteiger partial charge is 0.234 e. The van der Waals surface area contributed by atoms with Crippen molar-refractivity contribution in [1.82, 2.24) is 14.9 Å². The molecule has 1 heterocycles. The lowest BCUT2D eigenvalue weighted by molar-refractivity contribution is 0.261. The number of aromatic nitrogens is 2. The van der Waals surface area contributed by atoms with Gasteiger partial charge in [-0.15, -0.1) is 0 Å². The van der Waals surface area contributed by atoms with Crippen molar-refractivity contribution in [2.75, 3.05) is 39.1 Å². The highest BCUT2D eigenvalue weighted by molar-refractivity contribution is 5.90. The second kappa shape index (κ2) is 7.75. The number of anilines is 1. The molecule has 0 aliphatic rings. The van der Waals surface area contributed by atoms with Crippen molar-refractivity contribution in [2.24, 2.45) is 5.92 Å². The van der Waals surface area contributed by atoms with E-state index in [1.54, 1.807) is 0 Å². The number of nitriles is 1. The quantitative estimate of drug-likeness (QED) is 0.846. The minimum Gasteiger partial charge on any atom is -0.492 e. The van der Waals surface area contributed by atoms with Crippen LogP contribution in [0.1, 0.15) is 19.7 Å². The SMILES string of the molecule is CC(C)CNc1nc(C#N)nc2ccc(OCCN(C)C)cc12. The fourth-order valence-electron chi connectivity index (χ4n) is 2.03. The van der Waals surface area contributed by atoms with E-state index in [2.05, 4.69) is 34.0 Å². The lowest BCUT2D eigenvalue weighted by Gasteiger charge is -2.13. The van der Waals surface area contributed by atoms with Gasteiger partial charge in [0.15, 0.2) is 0 Å². The third-order valence-electron chi connectivity index (χ3n) is 3.25. The third kappa shape index (κ3) is 4.80. The highest BCUT2D eigenvalue weighted by atomic mass is 16.5. The summed E-state index contributed by atoms with van der Waals surface area (Å²) in [5.74, 6) is 2.11. The maximum absolute atomic E-state index is 9.09. The molecule has 0 fully saturated rings. The van der Waals surface area contributed by atoms with Gasteiger partial charge in [-0.05, 0) is 38.2 Å². The molecule has 2 aromatic rings. The number of nitrogens with zero attached hydrogens (tertiary/aromatic N) is 4. The molecule has 0 saturated heterocycles. The Morgan fingerprint density at radius 2 is 2.09 bits per heavy atom. The van der Waals surface area contributed by atoms with Crippen LogP contribution in [0.5, 0.6) is 5.75 Å². The first kappa shape index (κ1) is 17.0. The summed E-state index contributed by atoms with van der Waals surface area (Å²) in [4.78, 5) is 10.6. The molecule has 122 valence electrons. The summed E-state index contributed by atoms with van der Waals surface area (Å²) in [7, 11) is 4.02. The fourth-order valence-corrected chi connectivity index (χ4v) is 2.03. The van der Waals surface area contributed by atoms with Crippen molar-refractivity contribution in [1.29, 1.82) is 5.26 Å². The fraction of sp³-hybridized carbons (Fsp3) is 0.471. The highest BCUT2D eigenvalue weighted by Gasteiger charge is 2.09. The number of fused-ring (bicyclic) bond motifs is 1.